The Morgan fingerprint density at radius 2 is 1.82 bits per heavy atom. The standard InChI is InChI=1S/C25H19F2NO6/c1-33-16-11-28-12-17-20(16)24(32)21(29)18(23(30)31)19(13-5-3-2-4-6-13)25(24,34-17)15-9-7-14(8-10-15)22(26)27/h2-12,18-19,22,32H,1H3,(H,30,31)/p-1/t18-,19-,24+,25+/m1/s1. The Morgan fingerprint density at radius 3 is 2.41 bits per heavy atom. The predicted molar refractivity (Wildman–Crippen MR) is 111 cm³/mol. The number of ether oxygens (including phenoxy) is 2. The fraction of sp³-hybridized carbons (Fsp3) is 0.240. The third-order valence-electron chi connectivity index (χ3n) is 6.68. The lowest BCUT2D eigenvalue weighted by molar-refractivity contribution is -0.310. The summed E-state index contributed by atoms with van der Waals surface area (Å²) in [6.07, 6.45) is -0.192. The lowest BCUT2D eigenvalue weighted by atomic mass is 9.70. The minimum atomic E-state index is -2.75. The van der Waals surface area contributed by atoms with Crippen molar-refractivity contribution >= 4 is 11.8 Å². The first-order valence-corrected chi connectivity index (χ1v) is 10.4. The summed E-state index contributed by atoms with van der Waals surface area (Å²) < 4.78 is 38.1. The normalized spacial score (nSPS) is 27.3. The third-order valence-corrected chi connectivity index (χ3v) is 6.68. The van der Waals surface area contributed by atoms with Gasteiger partial charge in [-0.05, 0) is 11.1 Å². The molecule has 2 heterocycles. The third kappa shape index (κ3) is 2.67. The summed E-state index contributed by atoms with van der Waals surface area (Å²) in [7, 11) is 1.31. The Labute approximate surface area is 192 Å². The largest absolute Gasteiger partial charge is 0.549 e. The molecule has 0 radical (unpaired) electrons. The number of methoxy groups -OCH3 is 1. The highest BCUT2D eigenvalue weighted by Crippen LogP contribution is 2.68. The van der Waals surface area contributed by atoms with Crippen molar-refractivity contribution in [2.75, 3.05) is 7.11 Å². The Kier molecular flexibility index (Phi) is 4.91. The van der Waals surface area contributed by atoms with Gasteiger partial charge in [0, 0.05) is 11.5 Å². The molecule has 1 saturated carbocycles. The molecule has 0 bridgehead atoms. The number of aliphatic carboxylic acids is 1. The number of carbonyl (C=O) groups is 2. The first-order chi connectivity index (χ1) is 16.3. The van der Waals surface area contributed by atoms with Crippen molar-refractivity contribution in [1.82, 2.24) is 4.98 Å². The average Bonchev–Trinajstić information content (AvgIpc) is 3.23. The first-order valence-electron chi connectivity index (χ1n) is 10.4. The number of alkyl halides is 2. The van der Waals surface area contributed by atoms with E-state index >= 15 is 0 Å². The van der Waals surface area contributed by atoms with Crippen LogP contribution in [0, 0.1) is 5.92 Å². The van der Waals surface area contributed by atoms with Gasteiger partial charge in [0.1, 0.15) is 11.5 Å². The Hall–Kier alpha value is -3.85. The van der Waals surface area contributed by atoms with Crippen LogP contribution >= 0.6 is 0 Å². The number of hydrogen-bond donors (Lipinski definition) is 1. The van der Waals surface area contributed by atoms with Gasteiger partial charge in [0.05, 0.1) is 37.0 Å². The van der Waals surface area contributed by atoms with E-state index in [-0.39, 0.29) is 28.2 Å². The molecule has 7 nitrogen and oxygen atoms in total. The van der Waals surface area contributed by atoms with Gasteiger partial charge in [-0.2, -0.15) is 0 Å². The van der Waals surface area contributed by atoms with Gasteiger partial charge in [-0.3, -0.25) is 9.78 Å². The van der Waals surface area contributed by atoms with Gasteiger partial charge in [-0.25, -0.2) is 8.78 Å². The van der Waals surface area contributed by atoms with Gasteiger partial charge in [0.25, 0.3) is 6.43 Å². The molecule has 1 aromatic heterocycles. The number of carbonyl (C=O) groups excluding carboxylic acids is 2. The second-order valence-electron chi connectivity index (χ2n) is 8.24. The molecule has 1 fully saturated rings. The van der Waals surface area contributed by atoms with Crippen LogP contribution < -0.4 is 14.6 Å². The van der Waals surface area contributed by atoms with Crippen molar-refractivity contribution in [3.05, 3.63) is 89.2 Å². The van der Waals surface area contributed by atoms with E-state index in [2.05, 4.69) is 4.98 Å². The molecule has 1 aliphatic carbocycles. The van der Waals surface area contributed by atoms with Crippen LogP contribution in [0.15, 0.2) is 67.0 Å². The molecule has 5 rings (SSSR count). The van der Waals surface area contributed by atoms with Crippen LogP contribution in [0.3, 0.4) is 0 Å². The van der Waals surface area contributed by atoms with Crippen LogP contribution in [-0.4, -0.2) is 29.0 Å². The molecule has 3 aromatic rings. The summed E-state index contributed by atoms with van der Waals surface area (Å²) in [5.41, 5.74) is -4.38. The van der Waals surface area contributed by atoms with Crippen molar-refractivity contribution in [1.29, 1.82) is 0 Å². The van der Waals surface area contributed by atoms with Crippen LogP contribution in [-0.2, 0) is 20.8 Å². The van der Waals surface area contributed by atoms with E-state index in [1.165, 1.54) is 31.6 Å². The molecule has 9 heteroatoms. The molecule has 2 aromatic carbocycles. The van der Waals surface area contributed by atoms with Crippen LogP contribution in [0.1, 0.15) is 34.6 Å². The topological polar surface area (TPSA) is 109 Å². The molecule has 2 aliphatic rings. The summed E-state index contributed by atoms with van der Waals surface area (Å²) in [6.45, 7) is 0. The number of pyridine rings is 1. The molecule has 1 N–H and O–H groups in total. The first kappa shape index (κ1) is 22.0. The highest BCUT2D eigenvalue weighted by Gasteiger charge is 2.77. The number of carboxylic acid groups (broad SMARTS) is 1. The highest BCUT2D eigenvalue weighted by molar-refractivity contribution is 6.08. The van der Waals surface area contributed by atoms with Crippen molar-refractivity contribution in [2.24, 2.45) is 5.92 Å². The van der Waals surface area contributed by atoms with Gasteiger partial charge in [0.15, 0.2) is 11.4 Å². The number of rotatable bonds is 5. The number of aliphatic hydroxyl groups is 1. The Balaban J connectivity index is 1.87. The zero-order valence-corrected chi connectivity index (χ0v) is 17.8. The summed E-state index contributed by atoms with van der Waals surface area (Å²) in [5, 5.41) is 24.5. The maximum Gasteiger partial charge on any atom is 0.263 e. The minimum absolute atomic E-state index is 0.0187. The molecule has 0 amide bonds. The Bertz CT molecular complexity index is 1280. The van der Waals surface area contributed by atoms with Crippen LogP contribution in [0.5, 0.6) is 11.5 Å². The highest BCUT2D eigenvalue weighted by atomic mass is 19.3. The lowest BCUT2D eigenvalue weighted by Crippen LogP contribution is -2.50. The summed E-state index contributed by atoms with van der Waals surface area (Å²) >= 11 is 0. The second kappa shape index (κ2) is 7.59. The van der Waals surface area contributed by atoms with Crippen molar-refractivity contribution in [2.45, 2.75) is 23.5 Å². The van der Waals surface area contributed by atoms with Gasteiger partial charge < -0.3 is 24.5 Å². The lowest BCUT2D eigenvalue weighted by Gasteiger charge is -2.39. The summed E-state index contributed by atoms with van der Waals surface area (Å²) in [6, 6.07) is 13.1. The fourth-order valence-corrected chi connectivity index (χ4v) is 5.31. The number of nitrogens with zero attached hydrogens (tertiary/aromatic N) is 1. The van der Waals surface area contributed by atoms with Gasteiger partial charge in [0.2, 0.25) is 5.60 Å². The SMILES string of the molecule is COc1cncc2c1[C@]1(O)C(=O)[C@H](C(=O)[O-])[C@@H](c3ccccc3)[C@]1(c1ccc(C(F)F)cc1)O2. The zero-order valence-electron chi connectivity index (χ0n) is 17.8. The van der Waals surface area contributed by atoms with E-state index in [1.807, 2.05) is 0 Å². The van der Waals surface area contributed by atoms with E-state index in [1.54, 1.807) is 30.3 Å². The summed E-state index contributed by atoms with van der Waals surface area (Å²) in [5.74, 6) is -5.76. The molecular formula is C25H18F2NO6-. The van der Waals surface area contributed by atoms with E-state index in [0.29, 0.717) is 5.56 Å². The number of halogens is 2. The van der Waals surface area contributed by atoms with Crippen LogP contribution in [0.4, 0.5) is 8.78 Å². The maximum atomic E-state index is 13.8. The average molecular weight is 466 g/mol. The van der Waals surface area contributed by atoms with Gasteiger partial charge in [-0.15, -0.1) is 0 Å². The smallest absolute Gasteiger partial charge is 0.263 e. The number of aromatic nitrogens is 1. The molecule has 1 aliphatic heterocycles. The van der Waals surface area contributed by atoms with E-state index in [4.69, 9.17) is 9.47 Å². The number of ketones is 1. The number of Topliss-reactive ketones (excluding diaryl/α,β-unsaturated/α-hetero) is 1. The molecule has 4 atom stereocenters. The molecule has 0 spiro atoms. The summed E-state index contributed by atoms with van der Waals surface area (Å²) in [4.78, 5) is 30.1. The van der Waals surface area contributed by atoms with E-state index < -0.39 is 41.2 Å². The fourth-order valence-electron chi connectivity index (χ4n) is 5.31. The van der Waals surface area contributed by atoms with E-state index in [9.17, 15) is 28.6 Å². The van der Waals surface area contributed by atoms with Gasteiger partial charge >= 0.3 is 0 Å². The quantitative estimate of drug-likeness (QED) is 0.575. The monoisotopic (exact) mass is 466 g/mol. The molecule has 0 saturated heterocycles. The minimum Gasteiger partial charge on any atom is -0.549 e. The number of hydrogen-bond acceptors (Lipinski definition) is 7. The van der Waals surface area contributed by atoms with E-state index in [0.717, 1.165) is 12.1 Å². The van der Waals surface area contributed by atoms with Crippen molar-refractivity contribution in [3.63, 3.8) is 0 Å². The van der Waals surface area contributed by atoms with Crippen LogP contribution in [0.2, 0.25) is 0 Å². The number of fused-ring (bicyclic) bond motifs is 3. The number of benzene rings is 2. The van der Waals surface area contributed by atoms with Gasteiger partial charge in [-0.1, -0.05) is 54.6 Å². The second-order valence-corrected chi connectivity index (χ2v) is 8.24. The zero-order chi connectivity index (χ0) is 24.3. The van der Waals surface area contributed by atoms with Crippen molar-refractivity contribution in [3.8, 4) is 11.5 Å². The predicted octanol–water partition coefficient (Wildman–Crippen LogP) is 2.24. The molecule has 0 unspecified atom stereocenters. The molecule has 174 valence electrons. The van der Waals surface area contributed by atoms with Crippen LogP contribution in [0.25, 0.3) is 0 Å². The maximum absolute atomic E-state index is 13.8. The number of carboxylic acids is 1. The Morgan fingerprint density at radius 1 is 1.15 bits per heavy atom. The van der Waals surface area contributed by atoms with Crippen molar-refractivity contribution < 1.29 is 38.1 Å². The molecular weight excluding hydrogens is 448 g/mol. The molecule has 34 heavy (non-hydrogen) atoms.